The smallest absolute Gasteiger partial charge is 0.230 e. The van der Waals surface area contributed by atoms with Crippen molar-refractivity contribution in [3.63, 3.8) is 0 Å². The number of ether oxygens (including phenoxy) is 2. The average Bonchev–Trinajstić information content (AvgIpc) is 2.54. The molecule has 1 amide bonds. The summed E-state index contributed by atoms with van der Waals surface area (Å²) in [5, 5.41) is 0. The Balaban J connectivity index is 2.15. The molecule has 0 bridgehead atoms. The Bertz CT molecular complexity index is 445. The molecule has 19 heavy (non-hydrogen) atoms. The minimum Gasteiger partial charge on any atom is -0.491 e. The number of rotatable bonds is 5. The first kappa shape index (κ1) is 13.9. The van der Waals surface area contributed by atoms with Crippen LogP contribution < -0.4 is 9.64 Å². The maximum absolute atomic E-state index is 12.2. The van der Waals surface area contributed by atoms with Crippen LogP contribution >= 0.6 is 0 Å². The summed E-state index contributed by atoms with van der Waals surface area (Å²) in [6.07, 6.45) is 2.34. The van der Waals surface area contributed by atoms with Crippen LogP contribution in [0.25, 0.3) is 0 Å². The Hall–Kier alpha value is -1.55. The van der Waals surface area contributed by atoms with Gasteiger partial charge >= 0.3 is 0 Å². The van der Waals surface area contributed by atoms with Gasteiger partial charge in [0.15, 0.2) is 0 Å². The van der Waals surface area contributed by atoms with Crippen LogP contribution in [0.4, 0.5) is 5.69 Å². The van der Waals surface area contributed by atoms with E-state index in [0.29, 0.717) is 13.0 Å². The summed E-state index contributed by atoms with van der Waals surface area (Å²) < 4.78 is 10.7. The molecule has 0 radical (unpaired) electrons. The van der Waals surface area contributed by atoms with Gasteiger partial charge in [0.25, 0.3) is 0 Å². The molecule has 0 atom stereocenters. The fourth-order valence-electron chi connectivity index (χ4n) is 2.24. The van der Waals surface area contributed by atoms with Gasteiger partial charge in [-0.05, 0) is 37.5 Å². The lowest BCUT2D eigenvalue weighted by atomic mass is 10.1. The van der Waals surface area contributed by atoms with Crippen LogP contribution in [0.2, 0.25) is 0 Å². The second-order valence-electron chi connectivity index (χ2n) is 4.81. The first-order chi connectivity index (χ1) is 9.22. The van der Waals surface area contributed by atoms with Gasteiger partial charge in [-0.3, -0.25) is 4.79 Å². The minimum absolute atomic E-state index is 0.141. The molecule has 1 aliphatic rings. The van der Waals surface area contributed by atoms with Crippen molar-refractivity contribution in [3.8, 4) is 5.75 Å². The molecule has 0 unspecified atom stereocenters. The van der Waals surface area contributed by atoms with E-state index in [1.165, 1.54) is 0 Å². The maximum atomic E-state index is 12.2. The van der Waals surface area contributed by atoms with E-state index in [1.807, 2.05) is 30.0 Å². The van der Waals surface area contributed by atoms with Gasteiger partial charge in [0, 0.05) is 20.3 Å². The lowest BCUT2D eigenvalue weighted by Gasteiger charge is -2.22. The van der Waals surface area contributed by atoms with Crippen LogP contribution in [-0.4, -0.2) is 32.8 Å². The highest BCUT2D eigenvalue weighted by molar-refractivity contribution is 5.95. The number of carbonyl (C=O) groups excluding carboxylic acids is 1. The highest BCUT2D eigenvalue weighted by Gasteiger charge is 2.22. The van der Waals surface area contributed by atoms with Gasteiger partial charge in [-0.2, -0.15) is 0 Å². The molecule has 4 nitrogen and oxygen atoms in total. The topological polar surface area (TPSA) is 38.8 Å². The van der Waals surface area contributed by atoms with Crippen LogP contribution in [0.5, 0.6) is 5.75 Å². The highest BCUT2D eigenvalue weighted by Crippen LogP contribution is 2.32. The predicted molar refractivity (Wildman–Crippen MR) is 74.8 cm³/mol. The number of carbonyl (C=O) groups is 1. The van der Waals surface area contributed by atoms with Gasteiger partial charge in [-0.15, -0.1) is 0 Å². The van der Waals surface area contributed by atoms with Crippen LogP contribution in [0.3, 0.4) is 0 Å². The molecule has 4 heteroatoms. The number of benzene rings is 1. The van der Waals surface area contributed by atoms with Crippen molar-refractivity contribution in [1.29, 1.82) is 0 Å². The summed E-state index contributed by atoms with van der Waals surface area (Å²) in [6, 6.07) is 5.98. The van der Waals surface area contributed by atoms with Crippen molar-refractivity contribution in [2.45, 2.75) is 26.2 Å². The van der Waals surface area contributed by atoms with Crippen molar-refractivity contribution in [1.82, 2.24) is 0 Å². The maximum Gasteiger partial charge on any atom is 0.230 e. The number of nitrogens with zero attached hydrogens (tertiary/aromatic N) is 1. The quantitative estimate of drug-likeness (QED) is 0.766. The largest absolute Gasteiger partial charge is 0.491 e. The third-order valence-electron chi connectivity index (χ3n) is 3.26. The Kier molecular flexibility index (Phi) is 4.80. The lowest BCUT2D eigenvalue weighted by Crippen LogP contribution is -2.31. The summed E-state index contributed by atoms with van der Waals surface area (Å²) >= 11 is 0. The molecule has 0 N–H and O–H groups in total. The van der Waals surface area contributed by atoms with Gasteiger partial charge in [0.1, 0.15) is 5.75 Å². The molecule has 104 valence electrons. The van der Waals surface area contributed by atoms with Crippen LogP contribution in [-0.2, 0) is 9.53 Å². The lowest BCUT2D eigenvalue weighted by molar-refractivity contribution is -0.118. The molecule has 0 saturated carbocycles. The first-order valence-electron chi connectivity index (χ1n) is 6.75. The van der Waals surface area contributed by atoms with Gasteiger partial charge in [0.05, 0.1) is 18.7 Å². The molecule has 0 saturated heterocycles. The fourth-order valence-corrected chi connectivity index (χ4v) is 2.24. The molecule has 0 aliphatic carbocycles. The molecular weight excluding hydrogens is 242 g/mol. The summed E-state index contributed by atoms with van der Waals surface area (Å²) in [6.45, 7) is 3.95. The number of unbranched alkanes of at least 4 members (excludes halogenated alkanes) is 1. The number of hydrogen-bond acceptors (Lipinski definition) is 3. The van der Waals surface area contributed by atoms with E-state index in [9.17, 15) is 4.79 Å². The molecule has 1 heterocycles. The minimum atomic E-state index is 0.141. The highest BCUT2D eigenvalue weighted by atomic mass is 16.5. The zero-order valence-electron chi connectivity index (χ0n) is 11.6. The Morgan fingerprint density at radius 2 is 2.21 bits per heavy atom. The van der Waals surface area contributed by atoms with E-state index < -0.39 is 0 Å². The Morgan fingerprint density at radius 1 is 1.37 bits per heavy atom. The number of anilines is 1. The van der Waals surface area contributed by atoms with Crippen molar-refractivity contribution in [2.75, 3.05) is 31.8 Å². The van der Waals surface area contributed by atoms with E-state index in [2.05, 4.69) is 0 Å². The summed E-state index contributed by atoms with van der Waals surface area (Å²) in [5.41, 5.74) is 2.04. The van der Waals surface area contributed by atoms with E-state index in [1.54, 1.807) is 7.11 Å². The number of fused-ring (bicyclic) bond motifs is 1. The zero-order chi connectivity index (χ0) is 13.7. The standard InChI is InChI=1S/C15H21NO3/c1-12-5-6-14-13(11-12)16(8-3-4-9-18-2)15(17)7-10-19-14/h5-6,11H,3-4,7-10H2,1-2H3. The number of amides is 1. The number of methoxy groups -OCH3 is 1. The number of aryl methyl sites for hydroxylation is 1. The monoisotopic (exact) mass is 263 g/mol. The van der Waals surface area contributed by atoms with Crippen LogP contribution in [0.1, 0.15) is 24.8 Å². The molecule has 0 spiro atoms. The molecule has 1 aliphatic heterocycles. The van der Waals surface area contributed by atoms with Gasteiger partial charge in [0.2, 0.25) is 5.91 Å². The van der Waals surface area contributed by atoms with E-state index >= 15 is 0 Å². The second-order valence-corrected chi connectivity index (χ2v) is 4.81. The molecule has 1 aromatic rings. The molecule has 2 rings (SSSR count). The van der Waals surface area contributed by atoms with Crippen LogP contribution in [0, 0.1) is 6.92 Å². The predicted octanol–water partition coefficient (Wildman–Crippen LogP) is 2.54. The van der Waals surface area contributed by atoms with Crippen molar-refractivity contribution in [2.24, 2.45) is 0 Å². The van der Waals surface area contributed by atoms with E-state index in [0.717, 1.165) is 43.0 Å². The van der Waals surface area contributed by atoms with Crippen molar-refractivity contribution >= 4 is 11.6 Å². The second kappa shape index (κ2) is 6.57. The Morgan fingerprint density at radius 3 is 3.00 bits per heavy atom. The fraction of sp³-hybridized carbons (Fsp3) is 0.533. The van der Waals surface area contributed by atoms with Gasteiger partial charge in [-0.1, -0.05) is 6.07 Å². The van der Waals surface area contributed by atoms with Crippen molar-refractivity contribution in [3.05, 3.63) is 23.8 Å². The van der Waals surface area contributed by atoms with Gasteiger partial charge in [-0.25, -0.2) is 0 Å². The van der Waals surface area contributed by atoms with E-state index in [-0.39, 0.29) is 5.91 Å². The normalized spacial score (nSPS) is 14.8. The Labute approximate surface area is 114 Å². The molecule has 1 aromatic carbocycles. The molecule has 0 fully saturated rings. The van der Waals surface area contributed by atoms with Crippen molar-refractivity contribution < 1.29 is 14.3 Å². The van der Waals surface area contributed by atoms with Gasteiger partial charge < -0.3 is 14.4 Å². The zero-order valence-corrected chi connectivity index (χ0v) is 11.6. The SMILES string of the molecule is COCCCCN1C(=O)CCOc2ccc(C)cc21. The van der Waals surface area contributed by atoms with Crippen LogP contribution in [0.15, 0.2) is 18.2 Å². The number of hydrogen-bond donors (Lipinski definition) is 0. The summed E-state index contributed by atoms with van der Waals surface area (Å²) in [7, 11) is 1.70. The summed E-state index contributed by atoms with van der Waals surface area (Å²) in [4.78, 5) is 14.0. The average molecular weight is 263 g/mol. The van der Waals surface area contributed by atoms with E-state index in [4.69, 9.17) is 9.47 Å². The molecular formula is C15H21NO3. The summed E-state index contributed by atoms with van der Waals surface area (Å²) in [5.74, 6) is 0.949. The first-order valence-corrected chi connectivity index (χ1v) is 6.75. The molecule has 0 aromatic heterocycles. The third kappa shape index (κ3) is 3.47. The third-order valence-corrected chi connectivity index (χ3v) is 3.26.